The molecule has 0 saturated heterocycles. The van der Waals surface area contributed by atoms with Crippen LogP contribution in [0.5, 0.6) is 5.75 Å². The predicted octanol–water partition coefficient (Wildman–Crippen LogP) is 7.89. The van der Waals surface area contributed by atoms with Crippen molar-refractivity contribution in [2.24, 2.45) is 0 Å². The van der Waals surface area contributed by atoms with Crippen molar-refractivity contribution < 1.29 is 14.3 Å². The molecule has 0 N–H and O–H groups in total. The molecule has 1 heterocycles. The van der Waals surface area contributed by atoms with Crippen LogP contribution in [0.2, 0.25) is 15.1 Å². The third-order valence-corrected chi connectivity index (χ3v) is 6.21. The number of pyridine rings is 1. The van der Waals surface area contributed by atoms with Crippen molar-refractivity contribution in [2.45, 2.75) is 32.8 Å². The number of nitrogens with zero attached hydrogens (tertiary/aromatic N) is 1. The third-order valence-electron chi connectivity index (χ3n) is 5.42. The third kappa shape index (κ3) is 5.52. The molecule has 0 amide bonds. The van der Waals surface area contributed by atoms with E-state index in [0.29, 0.717) is 22.3 Å². The van der Waals surface area contributed by atoms with Gasteiger partial charge < -0.3 is 9.47 Å². The standard InChI is InChI=1S/C26H22Cl3NO3/c1-2-32-26(31)25-22(29)11-12-23(30-25)20-5-3-4-19(20)21-14-18(28)10-13-24(21)33-15-16-6-8-17(27)9-7-16/h6-14H,2-5,15H2,1H3. The van der Waals surface area contributed by atoms with Crippen LogP contribution in [-0.2, 0) is 11.3 Å². The van der Waals surface area contributed by atoms with Crippen LogP contribution in [0.3, 0.4) is 0 Å². The van der Waals surface area contributed by atoms with E-state index >= 15 is 0 Å². The second-order valence-corrected chi connectivity index (χ2v) is 8.89. The summed E-state index contributed by atoms with van der Waals surface area (Å²) in [4.78, 5) is 16.8. The first-order valence-corrected chi connectivity index (χ1v) is 11.8. The highest BCUT2D eigenvalue weighted by molar-refractivity contribution is 6.33. The zero-order valence-corrected chi connectivity index (χ0v) is 20.3. The maximum Gasteiger partial charge on any atom is 0.358 e. The number of aromatic nitrogens is 1. The normalized spacial score (nSPS) is 13.3. The minimum atomic E-state index is -0.528. The van der Waals surface area contributed by atoms with E-state index in [1.807, 2.05) is 48.5 Å². The highest BCUT2D eigenvalue weighted by Gasteiger charge is 2.24. The van der Waals surface area contributed by atoms with E-state index in [2.05, 4.69) is 4.98 Å². The van der Waals surface area contributed by atoms with Gasteiger partial charge in [0.05, 0.1) is 17.3 Å². The Balaban J connectivity index is 1.70. The van der Waals surface area contributed by atoms with Gasteiger partial charge in [-0.1, -0.05) is 46.9 Å². The number of benzene rings is 2. The number of hydrogen-bond donors (Lipinski definition) is 0. The van der Waals surface area contributed by atoms with Gasteiger partial charge in [-0.25, -0.2) is 9.78 Å². The number of carbonyl (C=O) groups is 1. The number of halogens is 3. The Kier molecular flexibility index (Phi) is 7.59. The second kappa shape index (κ2) is 10.6. The van der Waals surface area contributed by atoms with Crippen LogP contribution < -0.4 is 4.74 Å². The average molecular weight is 503 g/mol. The molecular weight excluding hydrogens is 481 g/mol. The molecule has 3 aromatic rings. The first-order valence-electron chi connectivity index (χ1n) is 10.7. The molecule has 0 unspecified atom stereocenters. The topological polar surface area (TPSA) is 48.4 Å². The Morgan fingerprint density at radius 2 is 1.67 bits per heavy atom. The van der Waals surface area contributed by atoms with Crippen LogP contribution in [0.15, 0.2) is 54.6 Å². The Hall–Kier alpha value is -2.53. The summed E-state index contributed by atoms with van der Waals surface area (Å²) in [5, 5.41) is 1.58. The summed E-state index contributed by atoms with van der Waals surface area (Å²) in [6.45, 7) is 2.41. The lowest BCUT2D eigenvalue weighted by Gasteiger charge is -2.15. The zero-order valence-electron chi connectivity index (χ0n) is 18.0. The molecule has 0 bridgehead atoms. The maximum atomic E-state index is 12.3. The first kappa shape index (κ1) is 23.6. The quantitative estimate of drug-likeness (QED) is 0.308. The highest BCUT2D eigenvalue weighted by atomic mass is 35.5. The molecule has 0 radical (unpaired) electrons. The van der Waals surface area contributed by atoms with Crippen LogP contribution in [0.4, 0.5) is 0 Å². The summed E-state index contributed by atoms with van der Waals surface area (Å²) < 4.78 is 11.3. The summed E-state index contributed by atoms with van der Waals surface area (Å²) >= 11 is 18.6. The number of allylic oxidation sites excluding steroid dienone is 2. The summed E-state index contributed by atoms with van der Waals surface area (Å²) in [7, 11) is 0. The molecule has 0 spiro atoms. The molecule has 2 aromatic carbocycles. The van der Waals surface area contributed by atoms with E-state index in [-0.39, 0.29) is 17.3 Å². The summed E-state index contributed by atoms with van der Waals surface area (Å²) in [6.07, 6.45) is 2.65. The number of carbonyl (C=O) groups excluding carboxylic acids is 1. The van der Waals surface area contributed by atoms with Gasteiger partial charge in [-0.2, -0.15) is 0 Å². The van der Waals surface area contributed by atoms with E-state index in [9.17, 15) is 4.79 Å². The van der Waals surface area contributed by atoms with E-state index in [1.165, 1.54) is 0 Å². The van der Waals surface area contributed by atoms with E-state index in [4.69, 9.17) is 44.3 Å². The van der Waals surface area contributed by atoms with Gasteiger partial charge in [0.25, 0.3) is 0 Å². The van der Waals surface area contributed by atoms with Gasteiger partial charge in [0.1, 0.15) is 12.4 Å². The molecule has 0 atom stereocenters. The lowest BCUT2D eigenvalue weighted by Crippen LogP contribution is -2.09. The van der Waals surface area contributed by atoms with Gasteiger partial charge in [0.2, 0.25) is 0 Å². The number of hydrogen-bond acceptors (Lipinski definition) is 4. The van der Waals surface area contributed by atoms with Crippen LogP contribution >= 0.6 is 34.8 Å². The van der Waals surface area contributed by atoms with Gasteiger partial charge in [-0.05, 0) is 85.4 Å². The average Bonchev–Trinajstić information content (AvgIpc) is 3.29. The highest BCUT2D eigenvalue weighted by Crippen LogP contribution is 2.43. The monoisotopic (exact) mass is 501 g/mol. The summed E-state index contributed by atoms with van der Waals surface area (Å²) in [5.41, 5.74) is 4.93. The first-order chi connectivity index (χ1) is 16.0. The van der Waals surface area contributed by atoms with Crippen molar-refractivity contribution in [3.8, 4) is 5.75 Å². The van der Waals surface area contributed by atoms with Gasteiger partial charge >= 0.3 is 5.97 Å². The van der Waals surface area contributed by atoms with E-state index < -0.39 is 5.97 Å². The van der Waals surface area contributed by atoms with Crippen molar-refractivity contribution >= 4 is 51.9 Å². The number of esters is 1. The van der Waals surface area contributed by atoms with Gasteiger partial charge in [-0.15, -0.1) is 0 Å². The second-order valence-electron chi connectivity index (χ2n) is 7.61. The number of ether oxygens (including phenoxy) is 2. The molecule has 1 aromatic heterocycles. The van der Waals surface area contributed by atoms with Crippen molar-refractivity contribution in [1.29, 1.82) is 0 Å². The Labute approximate surface area is 208 Å². The maximum absolute atomic E-state index is 12.3. The van der Waals surface area contributed by atoms with E-state index in [1.54, 1.807) is 13.0 Å². The van der Waals surface area contributed by atoms with Gasteiger partial charge in [0.15, 0.2) is 5.69 Å². The minimum absolute atomic E-state index is 0.125. The Morgan fingerprint density at radius 1 is 0.939 bits per heavy atom. The minimum Gasteiger partial charge on any atom is -0.488 e. The Bertz CT molecular complexity index is 1210. The van der Waals surface area contributed by atoms with Gasteiger partial charge in [0, 0.05) is 15.6 Å². The van der Waals surface area contributed by atoms with E-state index in [0.717, 1.165) is 47.3 Å². The lowest BCUT2D eigenvalue weighted by atomic mass is 9.98. The lowest BCUT2D eigenvalue weighted by molar-refractivity contribution is 0.0519. The fourth-order valence-corrected chi connectivity index (χ4v) is 4.36. The van der Waals surface area contributed by atoms with Crippen LogP contribution in [0, 0.1) is 0 Å². The fourth-order valence-electron chi connectivity index (χ4n) is 3.88. The molecule has 4 nitrogen and oxygen atoms in total. The van der Waals surface area contributed by atoms with Crippen molar-refractivity contribution in [2.75, 3.05) is 6.61 Å². The van der Waals surface area contributed by atoms with Crippen LogP contribution in [0.1, 0.15) is 53.5 Å². The van der Waals surface area contributed by atoms with Crippen molar-refractivity contribution in [3.63, 3.8) is 0 Å². The molecular formula is C26H22Cl3NO3. The summed E-state index contributed by atoms with van der Waals surface area (Å²) in [5.74, 6) is 0.211. The molecule has 1 aliphatic carbocycles. The number of rotatable bonds is 7. The van der Waals surface area contributed by atoms with Gasteiger partial charge in [-0.3, -0.25) is 0 Å². The predicted molar refractivity (Wildman–Crippen MR) is 133 cm³/mol. The molecule has 33 heavy (non-hydrogen) atoms. The molecule has 170 valence electrons. The molecule has 0 fully saturated rings. The molecule has 0 saturated carbocycles. The molecule has 1 aliphatic rings. The molecule has 4 rings (SSSR count). The SMILES string of the molecule is CCOC(=O)c1nc(C2=C(c3cc(Cl)ccc3OCc3ccc(Cl)cc3)CCC2)ccc1Cl. The van der Waals surface area contributed by atoms with Crippen molar-refractivity contribution in [3.05, 3.63) is 92.2 Å². The smallest absolute Gasteiger partial charge is 0.358 e. The van der Waals surface area contributed by atoms with Crippen LogP contribution in [0.25, 0.3) is 11.1 Å². The Morgan fingerprint density at radius 3 is 2.42 bits per heavy atom. The zero-order chi connectivity index (χ0) is 23.4. The fraction of sp³-hybridized carbons (Fsp3) is 0.231. The summed E-state index contributed by atoms with van der Waals surface area (Å²) in [6, 6.07) is 16.7. The van der Waals surface area contributed by atoms with Crippen LogP contribution in [-0.4, -0.2) is 17.6 Å². The molecule has 7 heteroatoms. The largest absolute Gasteiger partial charge is 0.488 e. The molecule has 0 aliphatic heterocycles. The van der Waals surface area contributed by atoms with Crippen molar-refractivity contribution in [1.82, 2.24) is 4.98 Å².